The van der Waals surface area contributed by atoms with Crippen LogP contribution in [-0.4, -0.2) is 23.4 Å². The molecular weight excluding hydrogens is 354 g/mol. The molecule has 2 heteroatoms. The molecule has 0 aliphatic carbocycles. The Kier molecular flexibility index (Phi) is 14.6. The first-order valence-corrected chi connectivity index (χ1v) is 12.0. The lowest BCUT2D eigenvalue weighted by Gasteiger charge is -2.29. The Hall–Kier alpha value is -1.05. The van der Waals surface area contributed by atoms with Gasteiger partial charge in [-0.2, -0.15) is 0 Å². The minimum Gasteiger partial charge on any atom is -0.332 e. The summed E-state index contributed by atoms with van der Waals surface area (Å²) in [4.78, 5) is 15.4. The smallest absolute Gasteiger partial charge is 0.250 e. The maximum absolute atomic E-state index is 13.3. The number of rotatable bonds is 5. The summed E-state index contributed by atoms with van der Waals surface area (Å²) in [6, 6.07) is 0.227. The molecule has 2 nitrogen and oxygen atoms in total. The molecule has 1 aliphatic heterocycles. The van der Waals surface area contributed by atoms with Gasteiger partial charge in [-0.05, 0) is 60.2 Å². The van der Waals surface area contributed by atoms with Crippen molar-refractivity contribution in [3.63, 3.8) is 0 Å². The number of amides is 1. The zero-order valence-corrected chi connectivity index (χ0v) is 22.5. The lowest BCUT2D eigenvalue weighted by molar-refractivity contribution is -0.128. The van der Waals surface area contributed by atoms with E-state index in [1.807, 2.05) is 13.8 Å². The molecular formula is C27H53NO. The van der Waals surface area contributed by atoms with Crippen LogP contribution in [0.25, 0.3) is 0 Å². The van der Waals surface area contributed by atoms with Gasteiger partial charge < -0.3 is 4.90 Å². The largest absolute Gasteiger partial charge is 0.332 e. The Morgan fingerprint density at radius 2 is 0.931 bits per heavy atom. The maximum Gasteiger partial charge on any atom is 0.250 e. The van der Waals surface area contributed by atoms with Crippen LogP contribution < -0.4 is 0 Å². The summed E-state index contributed by atoms with van der Waals surface area (Å²) in [7, 11) is 0. The first-order chi connectivity index (χ1) is 13.2. The van der Waals surface area contributed by atoms with Crippen LogP contribution in [0, 0.1) is 29.6 Å². The SMILES string of the molecule is CC.CC(C)C.CC(C)C1=C(C(C)C)C(C(C)C)=C(C(C)C)C(=O)N(C(C)C)C1. The number of hydrogen-bond acceptors (Lipinski definition) is 1. The standard InChI is InChI=1S/C21H37NO.C4H10.C2H6/c1-12(2)17-11-22(16(9)10)21(23)20(15(7)8)19(14(5)6)18(17)13(3)4;1-4(2)3;1-2/h12-16H,11H2,1-10H3;4H,1-3H3;1-2H3. The topological polar surface area (TPSA) is 20.3 Å². The van der Waals surface area contributed by atoms with Crippen molar-refractivity contribution in [3.8, 4) is 0 Å². The summed E-state index contributed by atoms with van der Waals surface area (Å²) in [5, 5.41) is 0. The molecule has 0 aromatic carbocycles. The Morgan fingerprint density at radius 3 is 1.17 bits per heavy atom. The summed E-state index contributed by atoms with van der Waals surface area (Å²) in [5.41, 5.74) is 5.23. The Bertz CT molecular complexity index is 542. The van der Waals surface area contributed by atoms with Crippen molar-refractivity contribution in [2.75, 3.05) is 6.54 Å². The molecule has 1 rings (SSSR count). The van der Waals surface area contributed by atoms with E-state index >= 15 is 0 Å². The minimum absolute atomic E-state index is 0.227. The molecule has 1 aliphatic rings. The van der Waals surface area contributed by atoms with Gasteiger partial charge in [0.15, 0.2) is 0 Å². The van der Waals surface area contributed by atoms with Gasteiger partial charge in [0.25, 0.3) is 5.91 Å². The van der Waals surface area contributed by atoms with E-state index < -0.39 is 0 Å². The molecule has 0 N–H and O–H groups in total. The van der Waals surface area contributed by atoms with Crippen molar-refractivity contribution in [3.05, 3.63) is 22.3 Å². The second-order valence-corrected chi connectivity index (χ2v) is 10.1. The van der Waals surface area contributed by atoms with Gasteiger partial charge in [0.1, 0.15) is 0 Å². The molecule has 172 valence electrons. The molecule has 0 unspecified atom stereocenters. The Labute approximate surface area is 184 Å². The van der Waals surface area contributed by atoms with Gasteiger partial charge in [-0.1, -0.05) is 90.0 Å². The quantitative estimate of drug-likeness (QED) is 0.450. The van der Waals surface area contributed by atoms with Gasteiger partial charge >= 0.3 is 0 Å². The Morgan fingerprint density at radius 1 is 0.586 bits per heavy atom. The van der Waals surface area contributed by atoms with E-state index in [-0.39, 0.29) is 17.9 Å². The number of nitrogens with zero attached hydrogens (tertiary/aromatic N) is 1. The molecule has 0 aromatic heterocycles. The molecule has 0 saturated carbocycles. The van der Waals surface area contributed by atoms with Crippen LogP contribution in [0.4, 0.5) is 0 Å². The molecule has 1 amide bonds. The molecule has 0 atom stereocenters. The lowest BCUT2D eigenvalue weighted by Crippen LogP contribution is -2.40. The monoisotopic (exact) mass is 407 g/mol. The molecule has 0 saturated heterocycles. The van der Waals surface area contributed by atoms with E-state index in [4.69, 9.17) is 0 Å². The second-order valence-electron chi connectivity index (χ2n) is 10.1. The van der Waals surface area contributed by atoms with Gasteiger partial charge in [0.05, 0.1) is 0 Å². The van der Waals surface area contributed by atoms with Crippen LogP contribution in [-0.2, 0) is 4.79 Å². The van der Waals surface area contributed by atoms with E-state index in [1.165, 1.54) is 16.7 Å². The van der Waals surface area contributed by atoms with E-state index in [2.05, 4.69) is 94.9 Å². The van der Waals surface area contributed by atoms with E-state index in [0.29, 0.717) is 17.8 Å². The molecule has 0 bridgehead atoms. The Balaban J connectivity index is 0. The summed E-state index contributed by atoms with van der Waals surface area (Å²) < 4.78 is 0. The highest BCUT2D eigenvalue weighted by Gasteiger charge is 2.34. The molecule has 1 heterocycles. The summed E-state index contributed by atoms with van der Waals surface area (Å²) >= 11 is 0. The summed E-state index contributed by atoms with van der Waals surface area (Å²) in [5.74, 6) is 2.60. The number of hydrogen-bond donors (Lipinski definition) is 0. The zero-order valence-electron chi connectivity index (χ0n) is 22.5. The summed E-state index contributed by atoms with van der Waals surface area (Å²) in [6.45, 7) is 33.4. The molecule has 0 radical (unpaired) electrons. The second kappa shape index (κ2) is 14.0. The number of allylic oxidation sites excluding steroid dienone is 2. The van der Waals surface area contributed by atoms with Crippen molar-refractivity contribution in [2.24, 2.45) is 29.6 Å². The van der Waals surface area contributed by atoms with Crippen molar-refractivity contribution in [1.82, 2.24) is 4.90 Å². The molecule has 0 aromatic rings. The fourth-order valence-electron chi connectivity index (χ4n) is 3.70. The van der Waals surface area contributed by atoms with Crippen molar-refractivity contribution in [1.29, 1.82) is 0 Å². The number of carbonyl (C=O) groups excluding carboxylic acids is 1. The third kappa shape index (κ3) is 9.09. The van der Waals surface area contributed by atoms with Crippen LogP contribution >= 0.6 is 0 Å². The first-order valence-electron chi connectivity index (χ1n) is 12.0. The van der Waals surface area contributed by atoms with Crippen molar-refractivity contribution < 1.29 is 4.79 Å². The highest BCUT2D eigenvalue weighted by atomic mass is 16.2. The van der Waals surface area contributed by atoms with Crippen LogP contribution in [0.2, 0.25) is 0 Å². The zero-order chi connectivity index (χ0) is 23.6. The lowest BCUT2D eigenvalue weighted by atomic mass is 9.78. The van der Waals surface area contributed by atoms with Crippen LogP contribution in [0.15, 0.2) is 22.3 Å². The van der Waals surface area contributed by atoms with Gasteiger partial charge in [-0.15, -0.1) is 0 Å². The van der Waals surface area contributed by atoms with Gasteiger partial charge in [0.2, 0.25) is 0 Å². The van der Waals surface area contributed by atoms with Crippen LogP contribution in [0.3, 0.4) is 0 Å². The van der Waals surface area contributed by atoms with Gasteiger partial charge in [0, 0.05) is 18.2 Å². The predicted octanol–water partition coefficient (Wildman–Crippen LogP) is 8.14. The van der Waals surface area contributed by atoms with Gasteiger partial charge in [-0.25, -0.2) is 0 Å². The third-order valence-electron chi connectivity index (χ3n) is 4.81. The summed E-state index contributed by atoms with van der Waals surface area (Å²) in [6.07, 6.45) is 0. The first kappa shape index (κ1) is 30.1. The molecule has 0 fully saturated rings. The maximum atomic E-state index is 13.3. The normalized spacial score (nSPS) is 15.5. The van der Waals surface area contributed by atoms with Crippen LogP contribution in [0.5, 0.6) is 0 Å². The average molecular weight is 408 g/mol. The van der Waals surface area contributed by atoms with E-state index in [9.17, 15) is 4.79 Å². The highest BCUT2D eigenvalue weighted by Crippen LogP contribution is 2.39. The highest BCUT2D eigenvalue weighted by molar-refractivity contribution is 5.96. The minimum atomic E-state index is 0.227. The van der Waals surface area contributed by atoms with Gasteiger partial charge in [-0.3, -0.25) is 4.79 Å². The molecule has 0 spiro atoms. The average Bonchev–Trinajstić information content (AvgIpc) is 2.70. The fraction of sp³-hybridized carbons (Fsp3) is 0.815. The number of carbonyl (C=O) groups is 1. The molecule has 29 heavy (non-hydrogen) atoms. The van der Waals surface area contributed by atoms with E-state index in [1.54, 1.807) is 0 Å². The van der Waals surface area contributed by atoms with Crippen molar-refractivity contribution in [2.45, 2.75) is 110 Å². The van der Waals surface area contributed by atoms with Crippen LogP contribution in [0.1, 0.15) is 104 Å². The fourth-order valence-corrected chi connectivity index (χ4v) is 3.70. The predicted molar refractivity (Wildman–Crippen MR) is 132 cm³/mol. The van der Waals surface area contributed by atoms with E-state index in [0.717, 1.165) is 18.0 Å². The van der Waals surface area contributed by atoms with Crippen molar-refractivity contribution >= 4 is 5.91 Å². The third-order valence-corrected chi connectivity index (χ3v) is 4.81.